The fourth-order valence-corrected chi connectivity index (χ4v) is 3.23. The molecule has 1 aliphatic rings. The van der Waals surface area contributed by atoms with Gasteiger partial charge in [0.05, 0.1) is 26.4 Å². The second-order valence-electron chi connectivity index (χ2n) is 7.10. The van der Waals surface area contributed by atoms with Gasteiger partial charge in [0.2, 0.25) is 11.8 Å². The molecule has 1 aromatic rings. The summed E-state index contributed by atoms with van der Waals surface area (Å²) in [7, 11) is 1.64. The van der Waals surface area contributed by atoms with Crippen molar-refractivity contribution in [3.63, 3.8) is 0 Å². The van der Waals surface area contributed by atoms with Gasteiger partial charge in [0.25, 0.3) is 0 Å². The normalized spacial score (nSPS) is 17.2. The molecule has 2 atom stereocenters. The molecule has 7 nitrogen and oxygen atoms in total. The van der Waals surface area contributed by atoms with Crippen LogP contribution in [0.25, 0.3) is 0 Å². The van der Waals surface area contributed by atoms with Crippen molar-refractivity contribution >= 4 is 11.8 Å². The first-order chi connectivity index (χ1) is 12.9. The van der Waals surface area contributed by atoms with Crippen molar-refractivity contribution in [2.45, 2.75) is 32.9 Å². The number of nitrogens with one attached hydrogen (secondary N) is 2. The Labute approximate surface area is 161 Å². The molecule has 0 aliphatic carbocycles. The van der Waals surface area contributed by atoms with Gasteiger partial charge < -0.3 is 20.1 Å². The molecule has 1 aliphatic heterocycles. The SMILES string of the molecule is COc1ccc([C@@H](CNC(=O)[C@@H](NC(C)=O)C(C)C)N2CCOCC2)cc1. The predicted octanol–water partition coefficient (Wildman–Crippen LogP) is 1.35. The fourth-order valence-electron chi connectivity index (χ4n) is 3.23. The number of hydrogen-bond acceptors (Lipinski definition) is 5. The van der Waals surface area contributed by atoms with E-state index in [9.17, 15) is 9.59 Å². The molecule has 1 heterocycles. The average molecular weight is 377 g/mol. The first-order valence-corrected chi connectivity index (χ1v) is 9.43. The number of rotatable bonds is 8. The number of hydrogen-bond donors (Lipinski definition) is 2. The minimum Gasteiger partial charge on any atom is -0.497 e. The molecule has 1 aromatic carbocycles. The second-order valence-corrected chi connectivity index (χ2v) is 7.10. The lowest BCUT2D eigenvalue weighted by atomic mass is 10.0. The van der Waals surface area contributed by atoms with Gasteiger partial charge in [0.1, 0.15) is 11.8 Å². The van der Waals surface area contributed by atoms with Gasteiger partial charge in [-0.05, 0) is 23.6 Å². The highest BCUT2D eigenvalue weighted by atomic mass is 16.5. The Morgan fingerprint density at radius 2 is 1.81 bits per heavy atom. The lowest BCUT2D eigenvalue weighted by Gasteiger charge is -2.35. The number of amides is 2. The molecule has 1 fully saturated rings. The number of carbonyl (C=O) groups excluding carboxylic acids is 2. The molecule has 0 spiro atoms. The Hall–Kier alpha value is -2.12. The molecule has 0 bridgehead atoms. The third-order valence-corrected chi connectivity index (χ3v) is 4.76. The summed E-state index contributed by atoms with van der Waals surface area (Å²) in [5, 5.41) is 5.76. The molecule has 7 heteroatoms. The summed E-state index contributed by atoms with van der Waals surface area (Å²) in [6.45, 7) is 8.72. The van der Waals surface area contributed by atoms with E-state index >= 15 is 0 Å². The largest absolute Gasteiger partial charge is 0.497 e. The zero-order valence-corrected chi connectivity index (χ0v) is 16.7. The summed E-state index contributed by atoms with van der Waals surface area (Å²) in [5.74, 6) is 0.446. The number of benzene rings is 1. The molecule has 0 saturated carbocycles. The van der Waals surface area contributed by atoms with Crippen LogP contribution in [-0.2, 0) is 14.3 Å². The molecule has 27 heavy (non-hydrogen) atoms. The Kier molecular flexibility index (Phi) is 8.06. The lowest BCUT2D eigenvalue weighted by molar-refractivity contribution is -0.129. The maximum atomic E-state index is 12.7. The van der Waals surface area contributed by atoms with Crippen LogP contribution in [0, 0.1) is 5.92 Å². The van der Waals surface area contributed by atoms with Gasteiger partial charge in [-0.15, -0.1) is 0 Å². The van der Waals surface area contributed by atoms with Crippen molar-refractivity contribution in [2.75, 3.05) is 40.0 Å². The van der Waals surface area contributed by atoms with E-state index in [1.165, 1.54) is 6.92 Å². The summed E-state index contributed by atoms with van der Waals surface area (Å²) in [4.78, 5) is 26.4. The molecule has 0 radical (unpaired) electrons. The second kappa shape index (κ2) is 10.3. The number of methoxy groups -OCH3 is 1. The topological polar surface area (TPSA) is 79.9 Å². The van der Waals surface area contributed by atoms with E-state index in [0.717, 1.165) is 24.4 Å². The fraction of sp³-hybridized carbons (Fsp3) is 0.600. The minimum absolute atomic E-state index is 0.0109. The van der Waals surface area contributed by atoms with E-state index < -0.39 is 6.04 Å². The van der Waals surface area contributed by atoms with Gasteiger partial charge in [-0.2, -0.15) is 0 Å². The highest BCUT2D eigenvalue weighted by molar-refractivity contribution is 5.87. The lowest BCUT2D eigenvalue weighted by Crippen LogP contribution is -2.51. The van der Waals surface area contributed by atoms with Gasteiger partial charge in [-0.1, -0.05) is 26.0 Å². The molecule has 0 unspecified atom stereocenters. The monoisotopic (exact) mass is 377 g/mol. The van der Waals surface area contributed by atoms with Gasteiger partial charge in [0.15, 0.2) is 0 Å². The van der Waals surface area contributed by atoms with Crippen LogP contribution in [0.4, 0.5) is 0 Å². The molecule has 2 rings (SSSR count). The molecular weight excluding hydrogens is 346 g/mol. The molecule has 0 aromatic heterocycles. The van der Waals surface area contributed by atoms with Crippen LogP contribution >= 0.6 is 0 Å². The standard InChI is InChI=1S/C20H31N3O4/c1-14(2)19(22-15(3)24)20(25)21-13-18(23-9-11-27-12-10-23)16-5-7-17(26-4)8-6-16/h5-8,14,18-19H,9-13H2,1-4H3,(H,21,25)(H,22,24)/t18-,19+/m1/s1. The highest BCUT2D eigenvalue weighted by Gasteiger charge is 2.27. The Bertz CT molecular complexity index is 612. The quantitative estimate of drug-likeness (QED) is 0.715. The van der Waals surface area contributed by atoms with E-state index in [1.54, 1.807) is 7.11 Å². The van der Waals surface area contributed by atoms with Crippen molar-refractivity contribution in [3.8, 4) is 5.75 Å². The van der Waals surface area contributed by atoms with E-state index in [4.69, 9.17) is 9.47 Å². The van der Waals surface area contributed by atoms with Crippen molar-refractivity contribution in [1.29, 1.82) is 0 Å². The minimum atomic E-state index is -0.538. The summed E-state index contributed by atoms with van der Waals surface area (Å²) < 4.78 is 10.7. The maximum absolute atomic E-state index is 12.7. The predicted molar refractivity (Wildman–Crippen MR) is 104 cm³/mol. The van der Waals surface area contributed by atoms with Gasteiger partial charge in [-0.3, -0.25) is 14.5 Å². The van der Waals surface area contributed by atoms with Crippen LogP contribution < -0.4 is 15.4 Å². The Morgan fingerprint density at radius 1 is 1.19 bits per heavy atom. The summed E-state index contributed by atoms with van der Waals surface area (Å²) in [6, 6.07) is 7.41. The van der Waals surface area contributed by atoms with Crippen LogP contribution in [0.3, 0.4) is 0 Å². The third-order valence-electron chi connectivity index (χ3n) is 4.76. The maximum Gasteiger partial charge on any atom is 0.242 e. The molecule has 2 N–H and O–H groups in total. The van der Waals surface area contributed by atoms with Crippen LogP contribution in [0.1, 0.15) is 32.4 Å². The van der Waals surface area contributed by atoms with Crippen molar-refractivity contribution in [2.24, 2.45) is 5.92 Å². The first kappa shape index (κ1) is 21.2. The summed E-state index contributed by atoms with van der Waals surface area (Å²) in [6.07, 6.45) is 0. The number of carbonyl (C=O) groups is 2. The average Bonchev–Trinajstić information content (AvgIpc) is 2.67. The number of nitrogens with zero attached hydrogens (tertiary/aromatic N) is 1. The Morgan fingerprint density at radius 3 is 2.33 bits per heavy atom. The third kappa shape index (κ3) is 6.22. The Balaban J connectivity index is 2.10. The van der Waals surface area contributed by atoms with Crippen molar-refractivity contribution in [1.82, 2.24) is 15.5 Å². The summed E-state index contributed by atoms with van der Waals surface area (Å²) in [5.41, 5.74) is 1.11. The van der Waals surface area contributed by atoms with Crippen molar-refractivity contribution < 1.29 is 19.1 Å². The van der Waals surface area contributed by atoms with E-state index in [-0.39, 0.29) is 23.8 Å². The number of ether oxygens (including phenoxy) is 2. The van der Waals surface area contributed by atoms with Gasteiger partial charge >= 0.3 is 0 Å². The van der Waals surface area contributed by atoms with Crippen LogP contribution in [0.15, 0.2) is 24.3 Å². The molecule has 150 valence electrons. The first-order valence-electron chi connectivity index (χ1n) is 9.43. The smallest absolute Gasteiger partial charge is 0.242 e. The van der Waals surface area contributed by atoms with Crippen LogP contribution in [0.2, 0.25) is 0 Å². The van der Waals surface area contributed by atoms with E-state index in [0.29, 0.717) is 19.8 Å². The van der Waals surface area contributed by atoms with Gasteiger partial charge in [-0.25, -0.2) is 0 Å². The zero-order valence-electron chi connectivity index (χ0n) is 16.7. The van der Waals surface area contributed by atoms with Crippen molar-refractivity contribution in [3.05, 3.63) is 29.8 Å². The van der Waals surface area contributed by atoms with Gasteiger partial charge in [0, 0.05) is 26.6 Å². The zero-order chi connectivity index (χ0) is 19.8. The van der Waals surface area contributed by atoms with E-state index in [2.05, 4.69) is 15.5 Å². The summed E-state index contributed by atoms with van der Waals surface area (Å²) >= 11 is 0. The highest BCUT2D eigenvalue weighted by Crippen LogP contribution is 2.23. The molecule has 2 amide bonds. The van der Waals surface area contributed by atoms with Crippen LogP contribution in [-0.4, -0.2) is 62.7 Å². The molecular formula is C20H31N3O4. The number of morpholine rings is 1. The van der Waals surface area contributed by atoms with Crippen LogP contribution in [0.5, 0.6) is 5.75 Å². The van der Waals surface area contributed by atoms with E-state index in [1.807, 2.05) is 38.1 Å². The molecule has 1 saturated heterocycles.